The first-order valence-corrected chi connectivity index (χ1v) is 5.02. The third-order valence-corrected chi connectivity index (χ3v) is 2.27. The molecule has 0 radical (unpaired) electrons. The molecule has 0 bridgehead atoms. The van der Waals surface area contributed by atoms with Crippen LogP contribution in [-0.2, 0) is 11.3 Å². The number of aromatic nitrogens is 3. The summed E-state index contributed by atoms with van der Waals surface area (Å²) in [5.41, 5.74) is 0.130. The Morgan fingerprint density at radius 2 is 2.22 bits per heavy atom. The minimum absolute atomic E-state index is 0.00862. The van der Waals surface area contributed by atoms with E-state index in [1.54, 1.807) is 0 Å². The molecule has 0 aliphatic rings. The van der Waals surface area contributed by atoms with Gasteiger partial charge in [-0.15, -0.1) is 5.10 Å². The number of methoxy groups -OCH3 is 1. The Hall–Kier alpha value is -2.31. The summed E-state index contributed by atoms with van der Waals surface area (Å²) in [7, 11) is 1.22. The number of halogens is 2. The smallest absolute Gasteiger partial charge is 0.360 e. The van der Waals surface area contributed by atoms with Crippen LogP contribution in [-0.4, -0.2) is 28.1 Å². The Morgan fingerprint density at radius 1 is 1.44 bits per heavy atom. The molecule has 0 aliphatic carbocycles. The number of esters is 1. The lowest BCUT2D eigenvalue weighted by molar-refractivity contribution is 0.0594. The molecule has 1 aromatic carbocycles. The highest BCUT2D eigenvalue weighted by molar-refractivity contribution is 5.86. The first-order valence-electron chi connectivity index (χ1n) is 5.02. The molecule has 5 nitrogen and oxygen atoms in total. The maximum atomic E-state index is 13.4. The van der Waals surface area contributed by atoms with Gasteiger partial charge in [0, 0.05) is 5.56 Å². The van der Waals surface area contributed by atoms with Gasteiger partial charge in [0.1, 0.15) is 11.6 Å². The Bertz CT molecular complexity index is 583. The maximum Gasteiger partial charge on any atom is 0.360 e. The van der Waals surface area contributed by atoms with E-state index in [4.69, 9.17) is 0 Å². The summed E-state index contributed by atoms with van der Waals surface area (Å²) in [5.74, 6) is -1.73. The van der Waals surface area contributed by atoms with E-state index in [-0.39, 0.29) is 17.8 Å². The van der Waals surface area contributed by atoms with Crippen molar-refractivity contribution in [2.45, 2.75) is 6.54 Å². The summed E-state index contributed by atoms with van der Waals surface area (Å²) in [6.07, 6.45) is 1.30. The molecule has 0 saturated carbocycles. The monoisotopic (exact) mass is 253 g/mol. The van der Waals surface area contributed by atoms with Crippen molar-refractivity contribution in [3.8, 4) is 0 Å². The molecule has 0 spiro atoms. The van der Waals surface area contributed by atoms with Gasteiger partial charge in [0.25, 0.3) is 0 Å². The van der Waals surface area contributed by atoms with Crippen molar-refractivity contribution in [2.75, 3.05) is 7.11 Å². The fourth-order valence-corrected chi connectivity index (χ4v) is 1.41. The van der Waals surface area contributed by atoms with Crippen LogP contribution < -0.4 is 0 Å². The zero-order chi connectivity index (χ0) is 13.1. The number of nitrogens with zero attached hydrogens (tertiary/aromatic N) is 3. The van der Waals surface area contributed by atoms with Gasteiger partial charge in [-0.3, -0.25) is 0 Å². The molecule has 2 aromatic rings. The maximum absolute atomic E-state index is 13.4. The number of hydrogen-bond donors (Lipinski definition) is 0. The third kappa shape index (κ3) is 2.50. The molecule has 0 saturated heterocycles. The predicted octanol–water partition coefficient (Wildman–Crippen LogP) is 1.39. The fraction of sp³-hybridized carbons (Fsp3) is 0.182. The molecule has 94 valence electrons. The van der Waals surface area contributed by atoms with E-state index >= 15 is 0 Å². The van der Waals surface area contributed by atoms with Crippen LogP contribution in [0.15, 0.2) is 24.4 Å². The molecule has 0 fully saturated rings. The summed E-state index contributed by atoms with van der Waals surface area (Å²) in [6, 6.07) is 3.12. The van der Waals surface area contributed by atoms with Crippen LogP contribution in [0.25, 0.3) is 0 Å². The van der Waals surface area contributed by atoms with Crippen molar-refractivity contribution in [2.24, 2.45) is 0 Å². The van der Waals surface area contributed by atoms with E-state index < -0.39 is 17.6 Å². The van der Waals surface area contributed by atoms with E-state index in [0.29, 0.717) is 0 Å². The summed E-state index contributed by atoms with van der Waals surface area (Å²) in [6.45, 7) is -0.0203. The highest BCUT2D eigenvalue weighted by Gasteiger charge is 2.12. The van der Waals surface area contributed by atoms with Gasteiger partial charge in [-0.2, -0.15) is 0 Å². The van der Waals surface area contributed by atoms with Crippen LogP contribution >= 0.6 is 0 Å². The topological polar surface area (TPSA) is 57.0 Å². The summed E-state index contributed by atoms with van der Waals surface area (Å²) >= 11 is 0. The van der Waals surface area contributed by atoms with Gasteiger partial charge < -0.3 is 4.74 Å². The molecule has 0 amide bonds. The highest BCUT2D eigenvalue weighted by Crippen LogP contribution is 2.11. The summed E-state index contributed by atoms with van der Waals surface area (Å²) < 4.78 is 32.0. The Balaban J connectivity index is 2.21. The van der Waals surface area contributed by atoms with E-state index in [9.17, 15) is 13.6 Å². The lowest BCUT2D eigenvalue weighted by atomic mass is 10.2. The zero-order valence-corrected chi connectivity index (χ0v) is 9.43. The summed E-state index contributed by atoms with van der Waals surface area (Å²) in [4.78, 5) is 11.1. The predicted molar refractivity (Wildman–Crippen MR) is 56.8 cm³/mol. The number of carbonyl (C=O) groups is 1. The standard InChI is InChI=1S/C11H9F2N3O2/c1-18-11(17)10-6-16(15-14-10)5-7-4-8(12)2-3-9(7)13/h2-4,6H,5H2,1H3. The highest BCUT2D eigenvalue weighted by atomic mass is 19.1. The molecule has 18 heavy (non-hydrogen) atoms. The van der Waals surface area contributed by atoms with Gasteiger partial charge >= 0.3 is 5.97 Å². The van der Waals surface area contributed by atoms with E-state index in [0.717, 1.165) is 18.2 Å². The second kappa shape index (κ2) is 4.91. The van der Waals surface area contributed by atoms with E-state index in [2.05, 4.69) is 15.0 Å². The lowest BCUT2D eigenvalue weighted by Gasteiger charge is -2.02. The Labute approximate surface area is 101 Å². The average molecular weight is 253 g/mol. The molecule has 0 atom stereocenters. The van der Waals surface area contributed by atoms with Crippen molar-refractivity contribution >= 4 is 5.97 Å². The number of rotatable bonds is 3. The van der Waals surface area contributed by atoms with Gasteiger partial charge in [-0.05, 0) is 18.2 Å². The van der Waals surface area contributed by atoms with E-state index in [1.807, 2.05) is 0 Å². The first kappa shape index (κ1) is 12.2. The second-order valence-electron chi connectivity index (χ2n) is 3.53. The second-order valence-corrected chi connectivity index (χ2v) is 3.53. The number of carbonyl (C=O) groups excluding carboxylic acids is 1. The molecule has 1 heterocycles. The molecule has 7 heteroatoms. The van der Waals surface area contributed by atoms with Crippen molar-refractivity contribution in [3.05, 3.63) is 47.3 Å². The quantitative estimate of drug-likeness (QED) is 0.776. The summed E-state index contributed by atoms with van der Waals surface area (Å²) in [5, 5.41) is 7.19. The van der Waals surface area contributed by atoms with Gasteiger partial charge in [0.2, 0.25) is 0 Å². The SMILES string of the molecule is COC(=O)c1cn(Cc2cc(F)ccc2F)nn1. The van der Waals surface area contributed by atoms with Gasteiger partial charge in [0.15, 0.2) is 5.69 Å². The number of benzene rings is 1. The van der Waals surface area contributed by atoms with Crippen LogP contribution in [0.1, 0.15) is 16.1 Å². The largest absolute Gasteiger partial charge is 0.464 e. The van der Waals surface area contributed by atoms with Gasteiger partial charge in [-0.25, -0.2) is 18.3 Å². The van der Waals surface area contributed by atoms with E-state index in [1.165, 1.54) is 18.0 Å². The van der Waals surface area contributed by atoms with Crippen LogP contribution in [0, 0.1) is 11.6 Å². The first-order chi connectivity index (χ1) is 8.60. The minimum atomic E-state index is -0.638. The fourth-order valence-electron chi connectivity index (χ4n) is 1.41. The molecule has 0 N–H and O–H groups in total. The zero-order valence-electron chi connectivity index (χ0n) is 9.43. The number of hydrogen-bond acceptors (Lipinski definition) is 4. The van der Waals surface area contributed by atoms with Crippen LogP contribution in [0.3, 0.4) is 0 Å². The molecule has 0 aliphatic heterocycles. The van der Waals surface area contributed by atoms with Crippen molar-refractivity contribution in [1.29, 1.82) is 0 Å². The Morgan fingerprint density at radius 3 is 2.94 bits per heavy atom. The molecule has 2 rings (SSSR count). The van der Waals surface area contributed by atoms with Gasteiger partial charge in [-0.1, -0.05) is 5.21 Å². The van der Waals surface area contributed by atoms with Crippen molar-refractivity contribution < 1.29 is 18.3 Å². The van der Waals surface area contributed by atoms with Gasteiger partial charge in [0.05, 0.1) is 19.9 Å². The molecular formula is C11H9F2N3O2. The van der Waals surface area contributed by atoms with Crippen LogP contribution in [0.2, 0.25) is 0 Å². The minimum Gasteiger partial charge on any atom is -0.464 e. The molecule has 1 aromatic heterocycles. The van der Waals surface area contributed by atoms with Crippen molar-refractivity contribution in [3.63, 3.8) is 0 Å². The average Bonchev–Trinajstić information content (AvgIpc) is 2.81. The molecule has 0 unspecified atom stereocenters. The van der Waals surface area contributed by atoms with Crippen LogP contribution in [0.4, 0.5) is 8.78 Å². The molecular weight excluding hydrogens is 244 g/mol. The van der Waals surface area contributed by atoms with Crippen LogP contribution in [0.5, 0.6) is 0 Å². The van der Waals surface area contributed by atoms with Crippen molar-refractivity contribution in [1.82, 2.24) is 15.0 Å². The Kier molecular flexibility index (Phi) is 3.31. The normalized spacial score (nSPS) is 10.4. The lowest BCUT2D eigenvalue weighted by Crippen LogP contribution is -2.03. The number of ether oxygens (including phenoxy) is 1. The third-order valence-electron chi connectivity index (χ3n) is 2.27.